The first-order valence-corrected chi connectivity index (χ1v) is 5.54. The lowest BCUT2D eigenvalue weighted by atomic mass is 10.1. The Morgan fingerprint density at radius 1 is 1.33 bits per heavy atom. The SMILES string of the molecule is CC(C)C(=O)NC1CC1c1ccccc1. The van der Waals surface area contributed by atoms with Crippen molar-refractivity contribution in [3.05, 3.63) is 35.9 Å². The normalized spacial score (nSPS) is 23.9. The van der Waals surface area contributed by atoms with Crippen LogP contribution in [0.25, 0.3) is 0 Å². The van der Waals surface area contributed by atoms with Crippen molar-refractivity contribution in [3.8, 4) is 0 Å². The maximum Gasteiger partial charge on any atom is 0.222 e. The first kappa shape index (κ1) is 10.2. The zero-order valence-corrected chi connectivity index (χ0v) is 9.23. The van der Waals surface area contributed by atoms with Crippen LogP contribution in [-0.2, 0) is 4.79 Å². The van der Waals surface area contributed by atoms with Gasteiger partial charge in [0.1, 0.15) is 0 Å². The Morgan fingerprint density at radius 3 is 2.60 bits per heavy atom. The Hall–Kier alpha value is -1.31. The summed E-state index contributed by atoms with van der Waals surface area (Å²) in [6.45, 7) is 3.85. The van der Waals surface area contributed by atoms with Gasteiger partial charge >= 0.3 is 0 Å². The molecule has 1 aliphatic rings. The summed E-state index contributed by atoms with van der Waals surface area (Å²) in [4.78, 5) is 11.5. The molecule has 2 nitrogen and oxygen atoms in total. The van der Waals surface area contributed by atoms with E-state index in [2.05, 4.69) is 29.6 Å². The monoisotopic (exact) mass is 203 g/mol. The Bertz CT molecular complexity index is 345. The maximum absolute atomic E-state index is 11.5. The number of hydrogen-bond acceptors (Lipinski definition) is 1. The fraction of sp³-hybridized carbons (Fsp3) is 0.462. The van der Waals surface area contributed by atoms with Gasteiger partial charge in [0, 0.05) is 17.9 Å². The van der Waals surface area contributed by atoms with Crippen LogP contribution in [0.3, 0.4) is 0 Å². The highest BCUT2D eigenvalue weighted by Gasteiger charge is 2.39. The van der Waals surface area contributed by atoms with Crippen LogP contribution in [0, 0.1) is 5.92 Å². The topological polar surface area (TPSA) is 29.1 Å². The van der Waals surface area contributed by atoms with E-state index in [1.807, 2.05) is 19.9 Å². The molecule has 2 atom stereocenters. The first-order chi connectivity index (χ1) is 7.18. The molecule has 0 saturated heterocycles. The average Bonchev–Trinajstić information content (AvgIpc) is 2.98. The van der Waals surface area contributed by atoms with Gasteiger partial charge in [0.15, 0.2) is 0 Å². The summed E-state index contributed by atoms with van der Waals surface area (Å²) in [6, 6.07) is 10.7. The summed E-state index contributed by atoms with van der Waals surface area (Å²) in [6.07, 6.45) is 1.09. The fourth-order valence-corrected chi connectivity index (χ4v) is 1.77. The van der Waals surface area contributed by atoms with Crippen LogP contribution in [0.15, 0.2) is 30.3 Å². The summed E-state index contributed by atoms with van der Waals surface area (Å²) in [7, 11) is 0. The summed E-state index contributed by atoms with van der Waals surface area (Å²) >= 11 is 0. The smallest absolute Gasteiger partial charge is 0.222 e. The number of nitrogens with one attached hydrogen (secondary N) is 1. The van der Waals surface area contributed by atoms with Gasteiger partial charge in [-0.25, -0.2) is 0 Å². The van der Waals surface area contributed by atoms with Gasteiger partial charge in [0.2, 0.25) is 5.91 Å². The van der Waals surface area contributed by atoms with E-state index in [0.29, 0.717) is 12.0 Å². The zero-order valence-electron chi connectivity index (χ0n) is 9.23. The van der Waals surface area contributed by atoms with Gasteiger partial charge in [-0.05, 0) is 12.0 Å². The highest BCUT2D eigenvalue weighted by Crippen LogP contribution is 2.40. The van der Waals surface area contributed by atoms with Crippen molar-refractivity contribution in [1.82, 2.24) is 5.32 Å². The molecule has 0 radical (unpaired) electrons. The third-order valence-corrected chi connectivity index (χ3v) is 2.87. The van der Waals surface area contributed by atoms with E-state index in [9.17, 15) is 4.79 Å². The molecule has 2 unspecified atom stereocenters. The van der Waals surface area contributed by atoms with E-state index < -0.39 is 0 Å². The van der Waals surface area contributed by atoms with Crippen molar-refractivity contribution >= 4 is 5.91 Å². The van der Waals surface area contributed by atoms with Gasteiger partial charge in [-0.15, -0.1) is 0 Å². The minimum absolute atomic E-state index is 0.0852. The van der Waals surface area contributed by atoms with Gasteiger partial charge in [0.25, 0.3) is 0 Å². The van der Waals surface area contributed by atoms with E-state index >= 15 is 0 Å². The lowest BCUT2D eigenvalue weighted by Gasteiger charge is -2.06. The largest absolute Gasteiger partial charge is 0.353 e. The molecule has 15 heavy (non-hydrogen) atoms. The van der Waals surface area contributed by atoms with E-state index in [0.717, 1.165) is 6.42 Å². The lowest BCUT2D eigenvalue weighted by Crippen LogP contribution is -2.30. The van der Waals surface area contributed by atoms with Crippen LogP contribution in [0.1, 0.15) is 31.7 Å². The van der Waals surface area contributed by atoms with Crippen LogP contribution in [-0.4, -0.2) is 11.9 Å². The Labute approximate surface area is 90.7 Å². The molecule has 1 saturated carbocycles. The molecule has 2 rings (SSSR count). The molecule has 80 valence electrons. The molecule has 1 N–H and O–H groups in total. The van der Waals surface area contributed by atoms with E-state index in [4.69, 9.17) is 0 Å². The second-order valence-corrected chi connectivity index (χ2v) is 4.52. The number of carbonyl (C=O) groups excluding carboxylic acids is 1. The number of carbonyl (C=O) groups is 1. The Morgan fingerprint density at radius 2 is 2.00 bits per heavy atom. The van der Waals surface area contributed by atoms with E-state index in [-0.39, 0.29) is 11.8 Å². The number of amides is 1. The molecule has 2 heteroatoms. The molecule has 0 spiro atoms. The van der Waals surface area contributed by atoms with Crippen molar-refractivity contribution in [2.45, 2.75) is 32.2 Å². The molecule has 1 fully saturated rings. The van der Waals surface area contributed by atoms with Crippen LogP contribution in [0.2, 0.25) is 0 Å². The molecule has 1 amide bonds. The van der Waals surface area contributed by atoms with Crippen LogP contribution in [0.4, 0.5) is 0 Å². The van der Waals surface area contributed by atoms with Gasteiger partial charge < -0.3 is 5.32 Å². The second kappa shape index (κ2) is 4.05. The third kappa shape index (κ3) is 2.38. The van der Waals surface area contributed by atoms with E-state index in [1.165, 1.54) is 5.56 Å². The Kier molecular flexibility index (Phi) is 2.76. The molecule has 1 aromatic carbocycles. The van der Waals surface area contributed by atoms with Gasteiger partial charge in [-0.1, -0.05) is 44.2 Å². The van der Waals surface area contributed by atoms with Crippen LogP contribution < -0.4 is 5.32 Å². The minimum atomic E-state index is 0.0852. The summed E-state index contributed by atoms with van der Waals surface area (Å²) < 4.78 is 0. The quantitative estimate of drug-likeness (QED) is 0.802. The molecular formula is C13H17NO. The van der Waals surface area contributed by atoms with Crippen molar-refractivity contribution < 1.29 is 4.79 Å². The van der Waals surface area contributed by atoms with Crippen LogP contribution >= 0.6 is 0 Å². The lowest BCUT2D eigenvalue weighted by molar-refractivity contribution is -0.124. The van der Waals surface area contributed by atoms with Crippen molar-refractivity contribution in [3.63, 3.8) is 0 Å². The highest BCUT2D eigenvalue weighted by molar-refractivity contribution is 5.78. The van der Waals surface area contributed by atoms with Crippen LogP contribution in [0.5, 0.6) is 0 Å². The maximum atomic E-state index is 11.5. The third-order valence-electron chi connectivity index (χ3n) is 2.87. The summed E-state index contributed by atoms with van der Waals surface area (Å²) in [5, 5.41) is 3.06. The second-order valence-electron chi connectivity index (χ2n) is 4.52. The first-order valence-electron chi connectivity index (χ1n) is 5.54. The molecule has 1 aromatic rings. The number of rotatable bonds is 3. The molecule has 1 aliphatic carbocycles. The number of benzene rings is 1. The molecule has 0 aliphatic heterocycles. The van der Waals surface area contributed by atoms with Crippen molar-refractivity contribution in [2.75, 3.05) is 0 Å². The van der Waals surface area contributed by atoms with E-state index in [1.54, 1.807) is 0 Å². The van der Waals surface area contributed by atoms with Gasteiger partial charge in [0.05, 0.1) is 0 Å². The number of hydrogen-bond donors (Lipinski definition) is 1. The molecule has 0 aromatic heterocycles. The average molecular weight is 203 g/mol. The zero-order chi connectivity index (χ0) is 10.8. The summed E-state index contributed by atoms with van der Waals surface area (Å²) in [5.74, 6) is 0.786. The van der Waals surface area contributed by atoms with Gasteiger partial charge in [-0.2, -0.15) is 0 Å². The van der Waals surface area contributed by atoms with Crippen molar-refractivity contribution in [2.24, 2.45) is 5.92 Å². The molecule has 0 bridgehead atoms. The predicted molar refractivity (Wildman–Crippen MR) is 60.6 cm³/mol. The molecular weight excluding hydrogens is 186 g/mol. The minimum Gasteiger partial charge on any atom is -0.353 e. The fourth-order valence-electron chi connectivity index (χ4n) is 1.77. The molecule has 0 heterocycles. The van der Waals surface area contributed by atoms with Crippen molar-refractivity contribution in [1.29, 1.82) is 0 Å². The predicted octanol–water partition coefficient (Wildman–Crippen LogP) is 2.31. The Balaban J connectivity index is 1.89. The standard InChI is InChI=1S/C13H17NO/c1-9(2)13(15)14-12-8-11(12)10-6-4-3-5-7-10/h3-7,9,11-12H,8H2,1-2H3,(H,14,15). The highest BCUT2D eigenvalue weighted by atomic mass is 16.1. The van der Waals surface area contributed by atoms with Gasteiger partial charge in [-0.3, -0.25) is 4.79 Å². The summed E-state index contributed by atoms with van der Waals surface area (Å²) in [5.41, 5.74) is 1.34.